The molecule has 6 heteroatoms. The molecule has 132 valence electrons. The summed E-state index contributed by atoms with van der Waals surface area (Å²) in [4.78, 5) is 16.4. The molecule has 0 bridgehead atoms. The molecule has 3 aromatic rings. The van der Waals surface area contributed by atoms with Crippen LogP contribution in [0.15, 0.2) is 66.9 Å². The molecule has 0 saturated heterocycles. The summed E-state index contributed by atoms with van der Waals surface area (Å²) < 4.78 is 5.14. The maximum Gasteiger partial charge on any atom is 0.274 e. The molecular formula is C20H18ClN3O2. The van der Waals surface area contributed by atoms with Gasteiger partial charge in [-0.3, -0.25) is 4.79 Å². The number of methoxy groups -OCH3 is 1. The van der Waals surface area contributed by atoms with Crippen molar-refractivity contribution in [1.82, 2.24) is 4.98 Å². The van der Waals surface area contributed by atoms with Gasteiger partial charge in [0.05, 0.1) is 19.0 Å². The van der Waals surface area contributed by atoms with Crippen molar-refractivity contribution >= 4 is 28.9 Å². The summed E-state index contributed by atoms with van der Waals surface area (Å²) in [6.07, 6.45) is 1.64. The van der Waals surface area contributed by atoms with Gasteiger partial charge >= 0.3 is 0 Å². The number of anilines is 2. The molecule has 1 aromatic heterocycles. The monoisotopic (exact) mass is 367 g/mol. The zero-order valence-corrected chi connectivity index (χ0v) is 15.0. The van der Waals surface area contributed by atoms with E-state index in [2.05, 4.69) is 15.6 Å². The number of pyridine rings is 1. The Labute approximate surface area is 157 Å². The third kappa shape index (κ3) is 4.74. The number of benzene rings is 2. The van der Waals surface area contributed by atoms with Gasteiger partial charge in [0, 0.05) is 17.3 Å². The van der Waals surface area contributed by atoms with Gasteiger partial charge in [-0.25, -0.2) is 4.98 Å². The first-order valence-corrected chi connectivity index (χ1v) is 8.41. The Morgan fingerprint density at radius 3 is 2.31 bits per heavy atom. The molecule has 0 saturated carbocycles. The minimum atomic E-state index is -0.269. The minimum Gasteiger partial charge on any atom is -0.497 e. The molecular weight excluding hydrogens is 350 g/mol. The number of nitrogens with one attached hydrogen (secondary N) is 2. The van der Waals surface area contributed by atoms with E-state index in [-0.39, 0.29) is 5.91 Å². The Balaban J connectivity index is 1.56. The van der Waals surface area contributed by atoms with Crippen molar-refractivity contribution in [3.05, 3.63) is 83.1 Å². The lowest BCUT2D eigenvalue weighted by atomic mass is 10.2. The fourth-order valence-electron chi connectivity index (χ4n) is 2.31. The van der Waals surface area contributed by atoms with Gasteiger partial charge in [-0.1, -0.05) is 23.7 Å². The number of hydrogen-bond acceptors (Lipinski definition) is 4. The molecule has 5 nitrogen and oxygen atoms in total. The molecule has 0 aliphatic rings. The maximum atomic E-state index is 12.2. The molecule has 0 spiro atoms. The largest absolute Gasteiger partial charge is 0.497 e. The lowest BCUT2D eigenvalue weighted by molar-refractivity contribution is 0.102. The van der Waals surface area contributed by atoms with Crippen LogP contribution in [-0.4, -0.2) is 18.0 Å². The summed E-state index contributed by atoms with van der Waals surface area (Å²) >= 11 is 5.83. The SMILES string of the molecule is COc1ccc(CNc2ccc(C(=O)Nc3ccc(Cl)cc3)nc2)cc1. The van der Waals surface area contributed by atoms with Crippen LogP contribution in [0, 0.1) is 0 Å². The fraction of sp³-hybridized carbons (Fsp3) is 0.100. The molecule has 2 N–H and O–H groups in total. The van der Waals surface area contributed by atoms with Gasteiger partial charge in [-0.2, -0.15) is 0 Å². The Hall–Kier alpha value is -3.05. The number of rotatable bonds is 6. The highest BCUT2D eigenvalue weighted by atomic mass is 35.5. The Bertz CT molecular complexity index is 863. The summed E-state index contributed by atoms with van der Waals surface area (Å²) in [5, 5.41) is 6.67. The first kappa shape index (κ1) is 17.8. The number of halogens is 1. The van der Waals surface area contributed by atoms with Gasteiger partial charge in [0.1, 0.15) is 11.4 Å². The van der Waals surface area contributed by atoms with Crippen LogP contribution < -0.4 is 15.4 Å². The highest BCUT2D eigenvalue weighted by molar-refractivity contribution is 6.30. The van der Waals surface area contributed by atoms with E-state index in [9.17, 15) is 4.79 Å². The van der Waals surface area contributed by atoms with E-state index >= 15 is 0 Å². The molecule has 1 amide bonds. The van der Waals surface area contributed by atoms with Crippen molar-refractivity contribution < 1.29 is 9.53 Å². The van der Waals surface area contributed by atoms with Crippen molar-refractivity contribution in [3.63, 3.8) is 0 Å². The number of amides is 1. The smallest absolute Gasteiger partial charge is 0.274 e. The highest BCUT2D eigenvalue weighted by Gasteiger charge is 2.07. The van der Waals surface area contributed by atoms with Crippen LogP contribution in [0.25, 0.3) is 0 Å². The van der Waals surface area contributed by atoms with E-state index in [1.807, 2.05) is 30.3 Å². The fourth-order valence-corrected chi connectivity index (χ4v) is 2.43. The van der Waals surface area contributed by atoms with Gasteiger partial charge in [-0.05, 0) is 54.1 Å². The normalized spacial score (nSPS) is 10.2. The van der Waals surface area contributed by atoms with E-state index in [1.54, 1.807) is 43.6 Å². The summed E-state index contributed by atoms with van der Waals surface area (Å²) in [5.74, 6) is 0.556. The van der Waals surface area contributed by atoms with E-state index in [4.69, 9.17) is 16.3 Å². The lowest BCUT2D eigenvalue weighted by Crippen LogP contribution is -2.13. The second-order valence-corrected chi connectivity index (χ2v) is 6.03. The standard InChI is InChI=1S/C20H18ClN3O2/c1-26-18-9-2-14(3-10-18)12-22-17-8-11-19(23-13-17)20(25)24-16-6-4-15(21)5-7-16/h2-11,13,22H,12H2,1H3,(H,24,25). The zero-order chi connectivity index (χ0) is 18.4. The van der Waals surface area contributed by atoms with E-state index in [1.165, 1.54) is 0 Å². The third-order valence-electron chi connectivity index (χ3n) is 3.75. The maximum absolute atomic E-state index is 12.2. The highest BCUT2D eigenvalue weighted by Crippen LogP contribution is 2.16. The molecule has 0 aliphatic heterocycles. The van der Waals surface area contributed by atoms with E-state index < -0.39 is 0 Å². The van der Waals surface area contributed by atoms with Gasteiger partial charge < -0.3 is 15.4 Å². The average molecular weight is 368 g/mol. The number of carbonyl (C=O) groups is 1. The molecule has 1 heterocycles. The molecule has 3 rings (SSSR count). The van der Waals surface area contributed by atoms with Gasteiger partial charge in [-0.15, -0.1) is 0 Å². The lowest BCUT2D eigenvalue weighted by Gasteiger charge is -2.08. The molecule has 2 aromatic carbocycles. The van der Waals surface area contributed by atoms with Crippen LogP contribution in [0.4, 0.5) is 11.4 Å². The van der Waals surface area contributed by atoms with Crippen LogP contribution in [0.5, 0.6) is 5.75 Å². The zero-order valence-electron chi connectivity index (χ0n) is 14.2. The Morgan fingerprint density at radius 1 is 1.00 bits per heavy atom. The molecule has 0 atom stereocenters. The van der Waals surface area contributed by atoms with Crippen molar-refractivity contribution in [3.8, 4) is 5.75 Å². The Morgan fingerprint density at radius 2 is 1.69 bits per heavy atom. The van der Waals surface area contributed by atoms with Crippen molar-refractivity contribution in [2.45, 2.75) is 6.54 Å². The number of hydrogen-bond donors (Lipinski definition) is 2. The van der Waals surface area contributed by atoms with Crippen LogP contribution in [0.2, 0.25) is 5.02 Å². The Kier molecular flexibility index (Phi) is 5.71. The van der Waals surface area contributed by atoms with Crippen molar-refractivity contribution in [2.24, 2.45) is 0 Å². The van der Waals surface area contributed by atoms with Crippen LogP contribution in [-0.2, 0) is 6.54 Å². The first-order chi connectivity index (χ1) is 12.6. The molecule has 0 unspecified atom stereocenters. The first-order valence-electron chi connectivity index (χ1n) is 8.04. The quantitative estimate of drug-likeness (QED) is 0.668. The molecule has 26 heavy (non-hydrogen) atoms. The second-order valence-electron chi connectivity index (χ2n) is 5.59. The predicted octanol–water partition coefficient (Wildman–Crippen LogP) is 4.61. The third-order valence-corrected chi connectivity index (χ3v) is 4.01. The topological polar surface area (TPSA) is 63.2 Å². The second kappa shape index (κ2) is 8.36. The molecule has 0 aliphatic carbocycles. The van der Waals surface area contributed by atoms with Gasteiger partial charge in [0.25, 0.3) is 5.91 Å². The summed E-state index contributed by atoms with van der Waals surface area (Å²) in [6, 6.07) is 18.2. The summed E-state index contributed by atoms with van der Waals surface area (Å²) in [7, 11) is 1.64. The minimum absolute atomic E-state index is 0.269. The number of nitrogens with zero attached hydrogens (tertiary/aromatic N) is 1. The van der Waals surface area contributed by atoms with Crippen molar-refractivity contribution in [2.75, 3.05) is 17.7 Å². The van der Waals surface area contributed by atoms with E-state index in [0.29, 0.717) is 22.9 Å². The molecule has 0 fully saturated rings. The van der Waals surface area contributed by atoms with Crippen LogP contribution >= 0.6 is 11.6 Å². The van der Waals surface area contributed by atoms with Crippen LogP contribution in [0.1, 0.15) is 16.1 Å². The predicted molar refractivity (Wildman–Crippen MR) is 104 cm³/mol. The number of carbonyl (C=O) groups excluding carboxylic acids is 1. The summed E-state index contributed by atoms with van der Waals surface area (Å²) in [6.45, 7) is 0.655. The van der Waals surface area contributed by atoms with Gasteiger partial charge in [0.15, 0.2) is 0 Å². The van der Waals surface area contributed by atoms with Gasteiger partial charge in [0.2, 0.25) is 0 Å². The average Bonchev–Trinajstić information content (AvgIpc) is 2.69. The van der Waals surface area contributed by atoms with Crippen molar-refractivity contribution in [1.29, 1.82) is 0 Å². The number of ether oxygens (including phenoxy) is 1. The van der Waals surface area contributed by atoms with Crippen LogP contribution in [0.3, 0.4) is 0 Å². The van der Waals surface area contributed by atoms with E-state index in [0.717, 1.165) is 17.0 Å². The number of aromatic nitrogens is 1. The molecule has 0 radical (unpaired) electrons. The summed E-state index contributed by atoms with van der Waals surface area (Å²) in [5.41, 5.74) is 2.97.